The van der Waals surface area contributed by atoms with Gasteiger partial charge in [-0.1, -0.05) is 13.3 Å². The van der Waals surface area contributed by atoms with E-state index < -0.39 is 9.84 Å². The van der Waals surface area contributed by atoms with E-state index in [1.807, 2.05) is 0 Å². The molecule has 0 bridgehead atoms. The third kappa shape index (κ3) is 3.27. The van der Waals surface area contributed by atoms with Crippen molar-refractivity contribution in [1.82, 2.24) is 0 Å². The maximum absolute atomic E-state index is 11.2. The Balaban J connectivity index is 2.34. The Morgan fingerprint density at radius 2 is 2.08 bits per heavy atom. The largest absolute Gasteiger partial charge is 0.327 e. The summed E-state index contributed by atoms with van der Waals surface area (Å²) < 4.78 is 22.4. The minimum Gasteiger partial charge on any atom is -0.327 e. The second-order valence-corrected chi connectivity index (χ2v) is 6.35. The van der Waals surface area contributed by atoms with Crippen LogP contribution in [0.15, 0.2) is 0 Å². The summed E-state index contributed by atoms with van der Waals surface area (Å²) in [5.74, 6) is 1.03. The second-order valence-electron chi connectivity index (χ2n) is 3.88. The van der Waals surface area contributed by atoms with E-state index in [9.17, 15) is 8.42 Å². The molecular weight excluding hydrogens is 186 g/mol. The minimum atomic E-state index is -2.79. The molecule has 3 nitrogen and oxygen atoms in total. The van der Waals surface area contributed by atoms with Crippen LogP contribution in [-0.2, 0) is 9.84 Å². The van der Waals surface area contributed by atoms with Gasteiger partial charge in [-0.3, -0.25) is 0 Å². The molecule has 0 radical (unpaired) electrons. The molecule has 0 aromatic heterocycles. The second kappa shape index (κ2) is 4.42. The van der Waals surface area contributed by atoms with Crippen molar-refractivity contribution in [3.8, 4) is 0 Å². The summed E-state index contributed by atoms with van der Waals surface area (Å²) in [6.45, 7) is 1.70. The zero-order chi connectivity index (χ0) is 9.90. The first-order valence-electron chi connectivity index (χ1n) is 5.01. The Bertz CT molecular complexity index is 248. The molecule has 0 aromatic carbocycles. The summed E-state index contributed by atoms with van der Waals surface area (Å²) in [4.78, 5) is 0. The standard InChI is InChI=1S/C9H19NO2S/c1-2-13(11,12)7-6-8-4-3-5-9(8)10/h8-9H,2-7,10H2,1H3. The normalized spacial score (nSPS) is 29.4. The van der Waals surface area contributed by atoms with Crippen molar-refractivity contribution in [2.24, 2.45) is 11.7 Å². The lowest BCUT2D eigenvalue weighted by molar-refractivity contribution is 0.464. The van der Waals surface area contributed by atoms with E-state index in [0.717, 1.165) is 25.7 Å². The lowest BCUT2D eigenvalue weighted by atomic mass is 10.0. The predicted octanol–water partition coefficient (Wildman–Crippen LogP) is 0.939. The van der Waals surface area contributed by atoms with Gasteiger partial charge in [0.2, 0.25) is 0 Å². The Morgan fingerprint density at radius 3 is 2.54 bits per heavy atom. The highest BCUT2D eigenvalue weighted by atomic mass is 32.2. The van der Waals surface area contributed by atoms with E-state index in [1.165, 1.54) is 0 Å². The van der Waals surface area contributed by atoms with Crippen LogP contribution in [0.2, 0.25) is 0 Å². The van der Waals surface area contributed by atoms with Crippen molar-refractivity contribution in [3.05, 3.63) is 0 Å². The van der Waals surface area contributed by atoms with Crippen molar-refractivity contribution in [2.75, 3.05) is 11.5 Å². The molecule has 0 spiro atoms. The van der Waals surface area contributed by atoms with Crippen LogP contribution in [0.5, 0.6) is 0 Å². The van der Waals surface area contributed by atoms with Crippen LogP contribution in [0.25, 0.3) is 0 Å². The molecule has 78 valence electrons. The van der Waals surface area contributed by atoms with Gasteiger partial charge in [-0.15, -0.1) is 0 Å². The predicted molar refractivity (Wildman–Crippen MR) is 54.3 cm³/mol. The van der Waals surface area contributed by atoms with Crippen molar-refractivity contribution in [1.29, 1.82) is 0 Å². The molecule has 1 fully saturated rings. The van der Waals surface area contributed by atoms with Gasteiger partial charge in [-0.2, -0.15) is 0 Å². The van der Waals surface area contributed by atoms with E-state index in [2.05, 4.69) is 0 Å². The summed E-state index contributed by atoms with van der Waals surface area (Å²) in [7, 11) is -2.79. The summed E-state index contributed by atoms with van der Waals surface area (Å²) in [5.41, 5.74) is 5.85. The molecule has 0 saturated heterocycles. The lowest BCUT2D eigenvalue weighted by Crippen LogP contribution is -2.26. The van der Waals surface area contributed by atoms with E-state index in [4.69, 9.17) is 5.73 Å². The Hall–Kier alpha value is -0.0900. The Labute approximate surface area is 80.6 Å². The first-order valence-corrected chi connectivity index (χ1v) is 6.83. The molecule has 2 atom stereocenters. The highest BCUT2D eigenvalue weighted by Gasteiger charge is 2.24. The molecule has 13 heavy (non-hydrogen) atoms. The van der Waals surface area contributed by atoms with Gasteiger partial charge < -0.3 is 5.73 Å². The molecule has 0 aliphatic heterocycles. The third-order valence-electron chi connectivity index (χ3n) is 2.96. The molecule has 0 heterocycles. The zero-order valence-corrected chi connectivity index (χ0v) is 9.02. The molecule has 4 heteroatoms. The molecule has 1 aliphatic rings. The fourth-order valence-corrected chi connectivity index (χ4v) is 2.85. The summed E-state index contributed by atoms with van der Waals surface area (Å²) >= 11 is 0. The monoisotopic (exact) mass is 205 g/mol. The fourth-order valence-electron chi connectivity index (χ4n) is 1.90. The highest BCUT2D eigenvalue weighted by molar-refractivity contribution is 7.91. The average Bonchev–Trinajstić information content (AvgIpc) is 2.48. The number of hydrogen-bond donors (Lipinski definition) is 1. The first kappa shape index (κ1) is 11.0. The molecule has 1 rings (SSSR count). The topological polar surface area (TPSA) is 60.2 Å². The van der Waals surface area contributed by atoms with Crippen LogP contribution in [-0.4, -0.2) is 26.0 Å². The van der Waals surface area contributed by atoms with Gasteiger partial charge >= 0.3 is 0 Å². The molecule has 2 N–H and O–H groups in total. The highest BCUT2D eigenvalue weighted by Crippen LogP contribution is 2.27. The van der Waals surface area contributed by atoms with Crippen LogP contribution < -0.4 is 5.73 Å². The summed E-state index contributed by atoms with van der Waals surface area (Å²) in [6.07, 6.45) is 4.10. The number of sulfone groups is 1. The van der Waals surface area contributed by atoms with Crippen molar-refractivity contribution < 1.29 is 8.42 Å². The lowest BCUT2D eigenvalue weighted by Gasteiger charge is -2.14. The van der Waals surface area contributed by atoms with Crippen LogP contribution in [0.3, 0.4) is 0 Å². The minimum absolute atomic E-state index is 0.243. The first-order chi connectivity index (χ1) is 6.05. The van der Waals surface area contributed by atoms with E-state index >= 15 is 0 Å². The van der Waals surface area contributed by atoms with E-state index in [-0.39, 0.29) is 11.8 Å². The van der Waals surface area contributed by atoms with Crippen molar-refractivity contribution >= 4 is 9.84 Å². The molecule has 1 aliphatic carbocycles. The molecular formula is C9H19NO2S. The number of hydrogen-bond acceptors (Lipinski definition) is 3. The molecule has 0 aromatic rings. The number of nitrogens with two attached hydrogens (primary N) is 1. The van der Waals surface area contributed by atoms with E-state index in [0.29, 0.717) is 11.7 Å². The maximum Gasteiger partial charge on any atom is 0.150 e. The molecule has 1 saturated carbocycles. The fraction of sp³-hybridized carbons (Fsp3) is 1.00. The third-order valence-corrected chi connectivity index (χ3v) is 4.69. The van der Waals surface area contributed by atoms with Gasteiger partial charge in [-0.05, 0) is 25.2 Å². The summed E-state index contributed by atoms with van der Waals surface area (Å²) in [6, 6.07) is 0.243. The smallest absolute Gasteiger partial charge is 0.150 e. The van der Waals surface area contributed by atoms with Gasteiger partial charge in [0.25, 0.3) is 0 Å². The maximum atomic E-state index is 11.2. The van der Waals surface area contributed by atoms with Gasteiger partial charge in [0, 0.05) is 11.8 Å². The van der Waals surface area contributed by atoms with Crippen LogP contribution in [0.1, 0.15) is 32.6 Å². The van der Waals surface area contributed by atoms with Gasteiger partial charge in [0.15, 0.2) is 0 Å². The van der Waals surface area contributed by atoms with E-state index in [1.54, 1.807) is 6.92 Å². The van der Waals surface area contributed by atoms with Crippen LogP contribution in [0.4, 0.5) is 0 Å². The number of rotatable bonds is 4. The SMILES string of the molecule is CCS(=O)(=O)CCC1CCCC1N. The Kier molecular flexibility index (Phi) is 3.74. The van der Waals surface area contributed by atoms with Crippen LogP contribution >= 0.6 is 0 Å². The van der Waals surface area contributed by atoms with Crippen LogP contribution in [0, 0.1) is 5.92 Å². The molecule has 0 amide bonds. The Morgan fingerprint density at radius 1 is 1.38 bits per heavy atom. The van der Waals surface area contributed by atoms with Crippen molar-refractivity contribution in [3.63, 3.8) is 0 Å². The molecule has 2 unspecified atom stereocenters. The summed E-state index contributed by atoms with van der Waals surface area (Å²) in [5, 5.41) is 0. The van der Waals surface area contributed by atoms with Gasteiger partial charge in [0.1, 0.15) is 9.84 Å². The zero-order valence-electron chi connectivity index (χ0n) is 8.20. The quantitative estimate of drug-likeness (QED) is 0.743. The van der Waals surface area contributed by atoms with Gasteiger partial charge in [-0.25, -0.2) is 8.42 Å². The average molecular weight is 205 g/mol. The van der Waals surface area contributed by atoms with Crippen molar-refractivity contribution in [2.45, 2.75) is 38.6 Å². The van der Waals surface area contributed by atoms with Gasteiger partial charge in [0.05, 0.1) is 5.75 Å².